The summed E-state index contributed by atoms with van der Waals surface area (Å²) < 4.78 is 37.4. The normalized spacial score (nSPS) is 19.9. The highest BCUT2D eigenvalue weighted by Gasteiger charge is 2.30. The molecule has 1 N–H and O–H groups in total. The van der Waals surface area contributed by atoms with Crippen molar-refractivity contribution in [3.05, 3.63) is 35.4 Å². The van der Waals surface area contributed by atoms with Crippen LogP contribution in [0.2, 0.25) is 0 Å². The molecule has 6 heteroatoms. The van der Waals surface area contributed by atoms with E-state index in [-0.39, 0.29) is 6.42 Å². The van der Waals surface area contributed by atoms with E-state index in [0.29, 0.717) is 18.9 Å². The third-order valence-corrected chi connectivity index (χ3v) is 3.82. The molecule has 0 aromatic heterocycles. The molecule has 1 aromatic rings. The number of hydrogen-bond acceptors (Lipinski definition) is 2. The number of rotatable bonds is 5. The van der Waals surface area contributed by atoms with Crippen molar-refractivity contribution in [1.82, 2.24) is 4.90 Å². The van der Waals surface area contributed by atoms with Gasteiger partial charge in [-0.05, 0) is 43.0 Å². The van der Waals surface area contributed by atoms with Gasteiger partial charge in [0.15, 0.2) is 0 Å². The molecule has 2 rings (SSSR count). The summed E-state index contributed by atoms with van der Waals surface area (Å²) in [4.78, 5) is 12.7. The van der Waals surface area contributed by atoms with Crippen LogP contribution in [0.15, 0.2) is 24.3 Å². The number of aliphatic carboxylic acids is 1. The number of nitrogens with zero attached hydrogens (tertiary/aromatic N) is 1. The van der Waals surface area contributed by atoms with E-state index in [9.17, 15) is 18.0 Å². The molecule has 116 valence electrons. The second-order valence-corrected chi connectivity index (χ2v) is 5.52. The van der Waals surface area contributed by atoms with Crippen LogP contribution in [0.5, 0.6) is 0 Å². The Kier molecular flexibility index (Phi) is 4.88. The van der Waals surface area contributed by atoms with Crippen molar-refractivity contribution < 1.29 is 23.1 Å². The van der Waals surface area contributed by atoms with Crippen LogP contribution >= 0.6 is 0 Å². The maximum Gasteiger partial charge on any atom is 0.416 e. The Balaban J connectivity index is 1.84. The fourth-order valence-corrected chi connectivity index (χ4v) is 2.68. The van der Waals surface area contributed by atoms with Gasteiger partial charge < -0.3 is 5.11 Å². The molecule has 0 amide bonds. The zero-order valence-corrected chi connectivity index (χ0v) is 11.6. The van der Waals surface area contributed by atoms with Gasteiger partial charge in [-0.2, -0.15) is 13.2 Å². The average molecular weight is 301 g/mol. The van der Waals surface area contributed by atoms with Crippen LogP contribution < -0.4 is 0 Å². The molecule has 1 saturated heterocycles. The first kappa shape index (κ1) is 15.8. The van der Waals surface area contributed by atoms with Gasteiger partial charge in [-0.3, -0.25) is 9.69 Å². The maximum absolute atomic E-state index is 12.5. The minimum Gasteiger partial charge on any atom is -0.481 e. The number of benzene rings is 1. The summed E-state index contributed by atoms with van der Waals surface area (Å²) in [5.41, 5.74) is 0.217. The minimum absolute atomic E-state index is 0.179. The predicted molar refractivity (Wildman–Crippen MR) is 71.7 cm³/mol. The lowest BCUT2D eigenvalue weighted by atomic mass is 10.0. The van der Waals surface area contributed by atoms with Crippen molar-refractivity contribution in [3.8, 4) is 0 Å². The van der Waals surface area contributed by atoms with Gasteiger partial charge >= 0.3 is 12.1 Å². The minimum atomic E-state index is -4.30. The van der Waals surface area contributed by atoms with Crippen molar-refractivity contribution in [2.24, 2.45) is 5.92 Å². The first-order valence-electron chi connectivity index (χ1n) is 6.95. The van der Waals surface area contributed by atoms with Crippen LogP contribution in [-0.2, 0) is 17.5 Å². The van der Waals surface area contributed by atoms with Crippen LogP contribution in [0.4, 0.5) is 13.2 Å². The first-order valence-corrected chi connectivity index (χ1v) is 6.95. The van der Waals surface area contributed by atoms with Gasteiger partial charge in [0.1, 0.15) is 0 Å². The molecule has 0 radical (unpaired) electrons. The van der Waals surface area contributed by atoms with Crippen molar-refractivity contribution >= 4 is 5.97 Å². The number of halogens is 3. The molecule has 1 unspecified atom stereocenters. The van der Waals surface area contributed by atoms with Gasteiger partial charge in [-0.25, -0.2) is 0 Å². The summed E-state index contributed by atoms with van der Waals surface area (Å²) in [6.07, 6.45) is -2.50. The lowest BCUT2D eigenvalue weighted by Crippen LogP contribution is -2.20. The van der Waals surface area contributed by atoms with Crippen molar-refractivity contribution in [2.45, 2.75) is 32.0 Å². The Bertz CT molecular complexity index is 485. The van der Waals surface area contributed by atoms with Crippen LogP contribution in [0, 0.1) is 5.92 Å². The molecule has 21 heavy (non-hydrogen) atoms. The fraction of sp³-hybridized carbons (Fsp3) is 0.533. The second kappa shape index (κ2) is 6.47. The number of likely N-dealkylation sites (tertiary alicyclic amines) is 1. The third kappa shape index (κ3) is 4.74. The third-order valence-electron chi connectivity index (χ3n) is 3.82. The zero-order chi connectivity index (χ0) is 15.5. The fourth-order valence-electron chi connectivity index (χ4n) is 2.68. The predicted octanol–water partition coefficient (Wildman–Crippen LogP) is 3.39. The Labute approximate surface area is 121 Å². The van der Waals surface area contributed by atoms with Gasteiger partial charge in [0, 0.05) is 19.5 Å². The maximum atomic E-state index is 12.5. The van der Waals surface area contributed by atoms with Gasteiger partial charge in [0.2, 0.25) is 0 Å². The Morgan fingerprint density at radius 2 is 1.95 bits per heavy atom. The van der Waals surface area contributed by atoms with E-state index in [1.54, 1.807) is 0 Å². The summed E-state index contributed by atoms with van der Waals surface area (Å²) in [5.74, 6) is -0.410. The highest BCUT2D eigenvalue weighted by molar-refractivity contribution is 5.66. The number of carboxylic acids is 1. The molecular formula is C15H18F3NO2. The Hall–Kier alpha value is -1.56. The van der Waals surface area contributed by atoms with E-state index in [1.807, 2.05) is 0 Å². The number of alkyl halides is 3. The average Bonchev–Trinajstić information content (AvgIpc) is 2.83. The Morgan fingerprint density at radius 1 is 1.29 bits per heavy atom. The molecule has 1 aliphatic heterocycles. The summed E-state index contributed by atoms with van der Waals surface area (Å²) in [5, 5.41) is 8.66. The molecule has 0 bridgehead atoms. The molecule has 1 atom stereocenters. The van der Waals surface area contributed by atoms with Crippen molar-refractivity contribution in [2.75, 3.05) is 13.1 Å². The Morgan fingerprint density at radius 3 is 2.52 bits per heavy atom. The van der Waals surface area contributed by atoms with Crippen LogP contribution in [0.3, 0.4) is 0 Å². The summed E-state index contributed by atoms with van der Waals surface area (Å²) in [6, 6.07) is 5.22. The molecule has 0 spiro atoms. The van der Waals surface area contributed by atoms with Crippen LogP contribution in [-0.4, -0.2) is 29.1 Å². The van der Waals surface area contributed by atoms with E-state index in [2.05, 4.69) is 4.90 Å². The molecule has 0 saturated carbocycles. The van der Waals surface area contributed by atoms with Gasteiger partial charge in [0.25, 0.3) is 0 Å². The number of hydrogen-bond donors (Lipinski definition) is 1. The molecule has 0 aliphatic carbocycles. The molecule has 3 nitrogen and oxygen atoms in total. The first-order chi connectivity index (χ1) is 9.84. The van der Waals surface area contributed by atoms with E-state index in [0.717, 1.165) is 37.2 Å². The molecule has 1 heterocycles. The zero-order valence-electron chi connectivity index (χ0n) is 11.6. The highest BCUT2D eigenvalue weighted by atomic mass is 19.4. The molecule has 1 fully saturated rings. The molecular weight excluding hydrogens is 283 g/mol. The van der Waals surface area contributed by atoms with E-state index < -0.39 is 17.7 Å². The standard InChI is InChI=1S/C15H18F3NO2/c16-15(17,18)13-4-1-11(2-5-13)9-19-8-7-12(10-19)3-6-14(20)21/h1-2,4-5,12H,3,6-10H2,(H,20,21). The van der Waals surface area contributed by atoms with Gasteiger partial charge in [0.05, 0.1) is 5.56 Å². The van der Waals surface area contributed by atoms with E-state index in [1.165, 1.54) is 12.1 Å². The van der Waals surface area contributed by atoms with Crippen LogP contribution in [0.1, 0.15) is 30.4 Å². The second-order valence-electron chi connectivity index (χ2n) is 5.52. The summed E-state index contributed by atoms with van der Waals surface area (Å²) in [7, 11) is 0. The number of carboxylic acid groups (broad SMARTS) is 1. The highest BCUT2D eigenvalue weighted by Crippen LogP contribution is 2.29. The molecule has 1 aliphatic rings. The topological polar surface area (TPSA) is 40.5 Å². The van der Waals surface area contributed by atoms with Crippen molar-refractivity contribution in [1.29, 1.82) is 0 Å². The van der Waals surface area contributed by atoms with Crippen molar-refractivity contribution in [3.63, 3.8) is 0 Å². The van der Waals surface area contributed by atoms with E-state index >= 15 is 0 Å². The summed E-state index contributed by atoms with van der Waals surface area (Å²) in [6.45, 7) is 2.29. The van der Waals surface area contributed by atoms with Crippen LogP contribution in [0.25, 0.3) is 0 Å². The lowest BCUT2D eigenvalue weighted by Gasteiger charge is -2.16. The van der Waals surface area contributed by atoms with Gasteiger partial charge in [-0.15, -0.1) is 0 Å². The SMILES string of the molecule is O=C(O)CCC1CCN(Cc2ccc(C(F)(F)F)cc2)C1. The monoisotopic (exact) mass is 301 g/mol. The lowest BCUT2D eigenvalue weighted by molar-refractivity contribution is -0.138. The smallest absolute Gasteiger partial charge is 0.416 e. The quantitative estimate of drug-likeness (QED) is 0.906. The largest absolute Gasteiger partial charge is 0.481 e. The summed E-state index contributed by atoms with van der Waals surface area (Å²) >= 11 is 0. The molecule has 1 aromatic carbocycles. The number of carbonyl (C=O) groups is 1. The van der Waals surface area contributed by atoms with Gasteiger partial charge in [-0.1, -0.05) is 12.1 Å². The van der Waals surface area contributed by atoms with E-state index in [4.69, 9.17) is 5.11 Å².